The summed E-state index contributed by atoms with van der Waals surface area (Å²) in [5.74, 6) is 0.290. The summed E-state index contributed by atoms with van der Waals surface area (Å²) >= 11 is 0. The number of rotatable bonds is 1. The number of aliphatic imine (C=N–C) groups is 1. The van der Waals surface area contributed by atoms with Crippen molar-refractivity contribution < 1.29 is 13.2 Å². The van der Waals surface area contributed by atoms with Crippen LogP contribution in [-0.2, 0) is 0 Å². The minimum absolute atomic E-state index is 0.0213. The molecule has 13 heavy (non-hydrogen) atoms. The maximum Gasteiger partial charge on any atom is 0.429 e. The van der Waals surface area contributed by atoms with Gasteiger partial charge in [0.25, 0.3) is 0 Å². The Bertz CT molecular complexity index is 248. The Balaban J connectivity index is 2.77. The van der Waals surface area contributed by atoms with Gasteiger partial charge >= 0.3 is 6.18 Å². The lowest BCUT2D eigenvalue weighted by atomic mass is 9.96. The Hall–Kier alpha value is -0.800. The first-order chi connectivity index (χ1) is 5.91. The Morgan fingerprint density at radius 3 is 2.23 bits per heavy atom. The van der Waals surface area contributed by atoms with Crippen LogP contribution in [0.3, 0.4) is 0 Å². The third-order valence-corrected chi connectivity index (χ3v) is 2.11. The lowest BCUT2D eigenvalue weighted by Gasteiger charge is -2.17. The van der Waals surface area contributed by atoms with E-state index in [1.165, 1.54) is 6.20 Å². The van der Waals surface area contributed by atoms with Gasteiger partial charge in [0.05, 0.1) is 0 Å². The molecular formula is C9H12F3N. The molecule has 0 unspecified atom stereocenters. The molecule has 1 aliphatic heterocycles. The van der Waals surface area contributed by atoms with Crippen LogP contribution in [0, 0.1) is 5.92 Å². The molecule has 74 valence electrons. The summed E-state index contributed by atoms with van der Waals surface area (Å²) in [5, 5.41) is 0. The second kappa shape index (κ2) is 3.52. The molecule has 1 rings (SSSR count). The number of hydrogen-bond acceptors (Lipinski definition) is 1. The predicted octanol–water partition coefficient (Wildman–Crippen LogP) is 3.32. The van der Waals surface area contributed by atoms with Crippen molar-refractivity contribution in [1.29, 1.82) is 0 Å². The highest BCUT2D eigenvalue weighted by Crippen LogP contribution is 2.27. The van der Waals surface area contributed by atoms with E-state index in [2.05, 4.69) is 4.99 Å². The van der Waals surface area contributed by atoms with E-state index in [0.29, 0.717) is 12.3 Å². The number of hydrogen-bond donors (Lipinski definition) is 0. The fraction of sp³-hybridized carbons (Fsp3) is 0.667. The average molecular weight is 191 g/mol. The molecule has 0 saturated heterocycles. The first kappa shape index (κ1) is 10.3. The van der Waals surface area contributed by atoms with Crippen LogP contribution in [0.25, 0.3) is 0 Å². The first-order valence-electron chi connectivity index (χ1n) is 4.24. The number of allylic oxidation sites excluding steroid dienone is 1. The number of nitrogens with zero attached hydrogens (tertiary/aromatic N) is 1. The normalized spacial score (nSPS) is 18.6. The zero-order valence-corrected chi connectivity index (χ0v) is 7.65. The third-order valence-electron chi connectivity index (χ3n) is 2.11. The van der Waals surface area contributed by atoms with Gasteiger partial charge in [-0.3, -0.25) is 4.99 Å². The highest BCUT2D eigenvalue weighted by molar-refractivity contribution is 5.91. The zero-order chi connectivity index (χ0) is 10.1. The van der Waals surface area contributed by atoms with Crippen LogP contribution in [0.2, 0.25) is 0 Å². The molecule has 0 saturated carbocycles. The van der Waals surface area contributed by atoms with Crippen molar-refractivity contribution in [3.63, 3.8) is 0 Å². The summed E-state index contributed by atoms with van der Waals surface area (Å²) in [7, 11) is 0. The standard InChI is InChI=1S/C9H12F3N/c1-6(2)7-3-4-8(13-5-7)9(10,11)12/h5-6H,3-4H2,1-2H3. The molecule has 1 nitrogen and oxygen atoms in total. The highest BCUT2D eigenvalue weighted by atomic mass is 19.4. The predicted molar refractivity (Wildman–Crippen MR) is 45.6 cm³/mol. The van der Waals surface area contributed by atoms with E-state index < -0.39 is 11.9 Å². The molecule has 0 amide bonds. The average Bonchev–Trinajstić information content (AvgIpc) is 2.03. The highest BCUT2D eigenvalue weighted by Gasteiger charge is 2.35. The lowest BCUT2D eigenvalue weighted by Crippen LogP contribution is -2.24. The van der Waals surface area contributed by atoms with Gasteiger partial charge < -0.3 is 0 Å². The molecule has 0 aromatic carbocycles. The van der Waals surface area contributed by atoms with Crippen LogP contribution >= 0.6 is 0 Å². The van der Waals surface area contributed by atoms with E-state index in [1.807, 2.05) is 13.8 Å². The monoisotopic (exact) mass is 191 g/mol. The number of halogens is 3. The summed E-state index contributed by atoms with van der Waals surface area (Å²) in [6.45, 7) is 3.92. The van der Waals surface area contributed by atoms with Crippen LogP contribution in [0.5, 0.6) is 0 Å². The van der Waals surface area contributed by atoms with E-state index in [-0.39, 0.29) is 6.42 Å². The summed E-state index contributed by atoms with van der Waals surface area (Å²) in [6, 6.07) is 0. The Morgan fingerprint density at radius 2 is 1.92 bits per heavy atom. The van der Waals surface area contributed by atoms with Crippen molar-refractivity contribution >= 4 is 5.71 Å². The van der Waals surface area contributed by atoms with E-state index in [1.54, 1.807) is 0 Å². The summed E-state index contributed by atoms with van der Waals surface area (Å²) < 4.78 is 36.3. The van der Waals surface area contributed by atoms with Crippen molar-refractivity contribution in [3.8, 4) is 0 Å². The molecule has 0 radical (unpaired) electrons. The van der Waals surface area contributed by atoms with Crippen molar-refractivity contribution in [2.45, 2.75) is 32.9 Å². The van der Waals surface area contributed by atoms with Crippen molar-refractivity contribution in [1.82, 2.24) is 0 Å². The Labute approximate surface area is 75.4 Å². The lowest BCUT2D eigenvalue weighted by molar-refractivity contribution is -0.0606. The van der Waals surface area contributed by atoms with Crippen molar-refractivity contribution in [2.24, 2.45) is 10.9 Å². The second-order valence-corrected chi connectivity index (χ2v) is 3.43. The van der Waals surface area contributed by atoms with Gasteiger partial charge in [-0.25, -0.2) is 0 Å². The van der Waals surface area contributed by atoms with Gasteiger partial charge in [-0.2, -0.15) is 13.2 Å². The van der Waals surface area contributed by atoms with Crippen LogP contribution in [0.15, 0.2) is 16.8 Å². The zero-order valence-electron chi connectivity index (χ0n) is 7.65. The van der Waals surface area contributed by atoms with Crippen molar-refractivity contribution in [3.05, 3.63) is 11.8 Å². The van der Waals surface area contributed by atoms with E-state index in [4.69, 9.17) is 0 Å². The molecule has 0 fully saturated rings. The first-order valence-corrected chi connectivity index (χ1v) is 4.24. The molecule has 0 aromatic rings. The van der Waals surface area contributed by atoms with Gasteiger partial charge in [-0.05, 0) is 24.3 Å². The van der Waals surface area contributed by atoms with Crippen molar-refractivity contribution in [2.75, 3.05) is 0 Å². The Morgan fingerprint density at radius 1 is 1.31 bits per heavy atom. The maximum atomic E-state index is 12.1. The largest absolute Gasteiger partial charge is 0.429 e. The SMILES string of the molecule is CC(C)C1=CN=C(C(F)(F)F)CC1. The third kappa shape index (κ3) is 2.57. The molecule has 1 heterocycles. The summed E-state index contributed by atoms with van der Waals surface area (Å²) in [4.78, 5) is 3.43. The summed E-state index contributed by atoms with van der Waals surface area (Å²) in [5.41, 5.74) is 0.338. The molecule has 0 spiro atoms. The molecule has 0 bridgehead atoms. The fourth-order valence-corrected chi connectivity index (χ4v) is 1.21. The summed E-state index contributed by atoms with van der Waals surface area (Å²) in [6.07, 6.45) is -2.39. The van der Waals surface area contributed by atoms with Gasteiger partial charge in [0.1, 0.15) is 5.71 Å². The quantitative estimate of drug-likeness (QED) is 0.602. The van der Waals surface area contributed by atoms with Gasteiger partial charge in [-0.15, -0.1) is 0 Å². The topological polar surface area (TPSA) is 12.4 Å². The minimum Gasteiger partial charge on any atom is -0.256 e. The molecule has 0 aromatic heterocycles. The van der Waals surface area contributed by atoms with Crippen LogP contribution in [0.4, 0.5) is 13.2 Å². The number of alkyl halides is 3. The molecule has 4 heteroatoms. The van der Waals surface area contributed by atoms with E-state index in [0.717, 1.165) is 5.57 Å². The van der Waals surface area contributed by atoms with Gasteiger partial charge in [0, 0.05) is 6.20 Å². The Kier molecular flexibility index (Phi) is 2.78. The van der Waals surface area contributed by atoms with Crippen LogP contribution in [-0.4, -0.2) is 11.9 Å². The minimum atomic E-state index is -4.25. The van der Waals surface area contributed by atoms with Gasteiger partial charge in [0.15, 0.2) is 0 Å². The van der Waals surface area contributed by atoms with Crippen LogP contribution in [0.1, 0.15) is 26.7 Å². The van der Waals surface area contributed by atoms with Gasteiger partial charge in [-0.1, -0.05) is 13.8 Å². The molecule has 1 aliphatic rings. The molecule has 0 N–H and O–H groups in total. The molecule has 0 atom stereocenters. The smallest absolute Gasteiger partial charge is 0.256 e. The molecule has 0 aliphatic carbocycles. The van der Waals surface area contributed by atoms with Crippen LogP contribution < -0.4 is 0 Å². The van der Waals surface area contributed by atoms with E-state index >= 15 is 0 Å². The fourth-order valence-electron chi connectivity index (χ4n) is 1.21. The second-order valence-electron chi connectivity index (χ2n) is 3.43. The maximum absolute atomic E-state index is 12.1. The molecular weight excluding hydrogens is 179 g/mol. The van der Waals surface area contributed by atoms with E-state index in [9.17, 15) is 13.2 Å². The van der Waals surface area contributed by atoms with Gasteiger partial charge in [0.2, 0.25) is 0 Å².